The van der Waals surface area contributed by atoms with Crippen LogP contribution in [0.5, 0.6) is 11.5 Å². The molecule has 1 fully saturated rings. The lowest BCUT2D eigenvalue weighted by molar-refractivity contribution is -0.122. The molecule has 1 heterocycles. The zero-order chi connectivity index (χ0) is 20.8. The molecule has 3 rings (SSSR count). The van der Waals surface area contributed by atoms with E-state index in [1.165, 1.54) is 0 Å². The number of ether oxygens (including phenoxy) is 2. The first-order valence-corrected chi connectivity index (χ1v) is 9.63. The minimum Gasteiger partial charge on any atom is -0.493 e. The Morgan fingerprint density at radius 3 is 2.62 bits per heavy atom. The van der Waals surface area contributed by atoms with Gasteiger partial charge in [-0.15, -0.1) is 0 Å². The molecule has 0 aromatic heterocycles. The number of nitrogens with zero attached hydrogens (tertiary/aromatic N) is 1. The van der Waals surface area contributed by atoms with Crippen molar-refractivity contribution in [2.45, 2.75) is 31.8 Å². The molecular formula is C22H27N3O4. The van der Waals surface area contributed by atoms with Crippen LogP contribution in [-0.4, -0.2) is 43.5 Å². The summed E-state index contributed by atoms with van der Waals surface area (Å²) in [5.41, 5.74) is 8.08. The highest BCUT2D eigenvalue weighted by Gasteiger charge is 2.28. The number of likely N-dealkylation sites (tertiary alicyclic amines) is 1. The first kappa shape index (κ1) is 20.7. The zero-order valence-corrected chi connectivity index (χ0v) is 16.8. The summed E-state index contributed by atoms with van der Waals surface area (Å²) in [5.74, 6) is 0.822. The number of primary amides is 1. The molecule has 2 amide bonds. The maximum Gasteiger partial charge on any atom is 0.234 e. The van der Waals surface area contributed by atoms with E-state index >= 15 is 0 Å². The maximum absolute atomic E-state index is 12.5. The molecule has 0 saturated carbocycles. The number of amides is 2. The van der Waals surface area contributed by atoms with Gasteiger partial charge in [-0.1, -0.05) is 18.2 Å². The predicted octanol–water partition coefficient (Wildman–Crippen LogP) is 2.33. The van der Waals surface area contributed by atoms with E-state index in [-0.39, 0.29) is 24.3 Å². The van der Waals surface area contributed by atoms with E-state index < -0.39 is 0 Å². The Balaban J connectivity index is 1.62. The van der Waals surface area contributed by atoms with Gasteiger partial charge in [0, 0.05) is 12.2 Å². The van der Waals surface area contributed by atoms with Crippen molar-refractivity contribution < 1.29 is 19.1 Å². The number of hydrogen-bond acceptors (Lipinski definition) is 5. The molecule has 0 spiro atoms. The summed E-state index contributed by atoms with van der Waals surface area (Å²) >= 11 is 0. The fraction of sp³-hybridized carbons (Fsp3) is 0.364. The van der Waals surface area contributed by atoms with Crippen LogP contribution in [0.3, 0.4) is 0 Å². The Morgan fingerprint density at radius 2 is 1.90 bits per heavy atom. The van der Waals surface area contributed by atoms with Gasteiger partial charge in [0.1, 0.15) is 0 Å². The van der Waals surface area contributed by atoms with Crippen LogP contribution >= 0.6 is 0 Å². The van der Waals surface area contributed by atoms with E-state index in [1.54, 1.807) is 26.4 Å². The summed E-state index contributed by atoms with van der Waals surface area (Å²) in [5, 5.41) is 2.93. The van der Waals surface area contributed by atoms with Gasteiger partial charge in [0.05, 0.1) is 26.7 Å². The van der Waals surface area contributed by atoms with Gasteiger partial charge in [-0.05, 0) is 54.8 Å². The fourth-order valence-corrected chi connectivity index (χ4v) is 3.70. The van der Waals surface area contributed by atoms with Crippen molar-refractivity contribution in [3.05, 3.63) is 53.6 Å². The van der Waals surface area contributed by atoms with Crippen LogP contribution in [0.25, 0.3) is 0 Å². The van der Waals surface area contributed by atoms with Crippen LogP contribution in [0, 0.1) is 0 Å². The molecule has 154 valence electrons. The molecule has 0 aliphatic carbocycles. The normalized spacial score (nSPS) is 16.4. The second-order valence-corrected chi connectivity index (χ2v) is 7.15. The minimum absolute atomic E-state index is 0.120. The summed E-state index contributed by atoms with van der Waals surface area (Å²) < 4.78 is 10.5. The van der Waals surface area contributed by atoms with Crippen LogP contribution in [0.4, 0.5) is 5.69 Å². The van der Waals surface area contributed by atoms with Crippen molar-refractivity contribution in [3.8, 4) is 11.5 Å². The Bertz CT molecular complexity index is 884. The van der Waals surface area contributed by atoms with Crippen LogP contribution < -0.4 is 20.5 Å². The third-order valence-corrected chi connectivity index (χ3v) is 5.10. The Morgan fingerprint density at radius 1 is 1.10 bits per heavy atom. The van der Waals surface area contributed by atoms with Gasteiger partial charge in [0.2, 0.25) is 11.8 Å². The second-order valence-electron chi connectivity index (χ2n) is 7.15. The van der Waals surface area contributed by atoms with Crippen molar-refractivity contribution in [2.24, 2.45) is 5.73 Å². The van der Waals surface area contributed by atoms with Gasteiger partial charge in [0.15, 0.2) is 11.5 Å². The molecule has 7 nitrogen and oxygen atoms in total. The summed E-state index contributed by atoms with van der Waals surface area (Å²) in [6.07, 6.45) is 1.99. The lowest BCUT2D eigenvalue weighted by atomic mass is 10.1. The minimum atomic E-state index is -0.276. The van der Waals surface area contributed by atoms with Crippen molar-refractivity contribution >= 4 is 17.5 Å². The van der Waals surface area contributed by atoms with Crippen LogP contribution in [-0.2, 0) is 22.6 Å². The van der Waals surface area contributed by atoms with E-state index in [4.69, 9.17) is 15.2 Å². The van der Waals surface area contributed by atoms with Gasteiger partial charge in [-0.2, -0.15) is 0 Å². The Hall–Kier alpha value is -3.06. The van der Waals surface area contributed by atoms with Crippen molar-refractivity contribution in [2.75, 3.05) is 26.1 Å². The van der Waals surface area contributed by atoms with E-state index in [2.05, 4.69) is 10.2 Å². The predicted molar refractivity (Wildman–Crippen MR) is 111 cm³/mol. The molecule has 1 aliphatic rings. The lowest BCUT2D eigenvalue weighted by Gasteiger charge is -2.22. The number of carbonyl (C=O) groups is 2. The van der Waals surface area contributed by atoms with Gasteiger partial charge in [-0.3, -0.25) is 14.5 Å². The monoisotopic (exact) mass is 397 g/mol. The largest absolute Gasteiger partial charge is 0.493 e. The van der Waals surface area contributed by atoms with E-state index in [9.17, 15) is 9.59 Å². The molecular weight excluding hydrogens is 370 g/mol. The maximum atomic E-state index is 12.5. The summed E-state index contributed by atoms with van der Waals surface area (Å²) in [6, 6.07) is 12.9. The zero-order valence-electron chi connectivity index (χ0n) is 16.8. The smallest absolute Gasteiger partial charge is 0.234 e. The fourth-order valence-electron chi connectivity index (χ4n) is 3.70. The molecule has 7 heteroatoms. The van der Waals surface area contributed by atoms with Crippen molar-refractivity contribution in [1.82, 2.24) is 4.90 Å². The number of rotatable bonds is 8. The number of nitrogens with two attached hydrogens (primary N) is 1. The number of anilines is 1. The molecule has 1 unspecified atom stereocenters. The molecule has 29 heavy (non-hydrogen) atoms. The third-order valence-electron chi connectivity index (χ3n) is 5.10. The van der Waals surface area contributed by atoms with Gasteiger partial charge in [0.25, 0.3) is 0 Å². The highest BCUT2D eigenvalue weighted by atomic mass is 16.5. The standard InChI is InChI=1S/C22H27N3O4/c1-28-19-9-8-15(12-20(19)29-2)13-21(26)24-17-6-3-5-16(11-17)14-25-10-4-7-18(25)22(23)27/h3,5-6,8-9,11-12,18H,4,7,10,13-14H2,1-2H3,(H2,23,27)(H,24,26). The van der Waals surface area contributed by atoms with Gasteiger partial charge < -0.3 is 20.5 Å². The number of methoxy groups -OCH3 is 2. The SMILES string of the molecule is COc1ccc(CC(=O)Nc2cccc(CN3CCCC3C(N)=O)c2)cc1OC. The molecule has 2 aromatic carbocycles. The van der Waals surface area contributed by atoms with Gasteiger partial charge in [-0.25, -0.2) is 0 Å². The third kappa shape index (κ3) is 5.26. The van der Waals surface area contributed by atoms with Crippen molar-refractivity contribution in [3.63, 3.8) is 0 Å². The quantitative estimate of drug-likeness (QED) is 0.713. The number of carbonyl (C=O) groups excluding carboxylic acids is 2. The Labute approximate surface area is 170 Å². The van der Waals surface area contributed by atoms with Crippen LogP contribution in [0.15, 0.2) is 42.5 Å². The first-order chi connectivity index (χ1) is 14.0. The number of benzene rings is 2. The number of hydrogen-bond donors (Lipinski definition) is 2. The summed E-state index contributed by atoms with van der Waals surface area (Å²) in [6.45, 7) is 1.48. The molecule has 0 bridgehead atoms. The van der Waals surface area contributed by atoms with Crippen LogP contribution in [0.1, 0.15) is 24.0 Å². The van der Waals surface area contributed by atoms with Gasteiger partial charge >= 0.3 is 0 Å². The Kier molecular flexibility index (Phi) is 6.72. The molecule has 1 atom stereocenters. The second kappa shape index (κ2) is 9.43. The first-order valence-electron chi connectivity index (χ1n) is 9.63. The van der Waals surface area contributed by atoms with E-state index in [0.29, 0.717) is 18.0 Å². The van der Waals surface area contributed by atoms with Crippen LogP contribution in [0.2, 0.25) is 0 Å². The van der Waals surface area contributed by atoms with Crippen molar-refractivity contribution in [1.29, 1.82) is 0 Å². The summed E-state index contributed by atoms with van der Waals surface area (Å²) in [4.78, 5) is 26.1. The lowest BCUT2D eigenvalue weighted by Crippen LogP contribution is -2.39. The average molecular weight is 397 g/mol. The molecule has 1 aliphatic heterocycles. The topological polar surface area (TPSA) is 93.9 Å². The highest BCUT2D eigenvalue weighted by molar-refractivity contribution is 5.92. The molecule has 3 N–H and O–H groups in total. The molecule has 1 saturated heterocycles. The van der Waals surface area contributed by atoms with E-state index in [1.807, 2.05) is 30.3 Å². The highest BCUT2D eigenvalue weighted by Crippen LogP contribution is 2.28. The average Bonchev–Trinajstić information content (AvgIpc) is 3.16. The number of nitrogens with one attached hydrogen (secondary N) is 1. The molecule has 2 aromatic rings. The molecule has 0 radical (unpaired) electrons. The summed E-state index contributed by atoms with van der Waals surface area (Å²) in [7, 11) is 3.14. The van der Waals surface area contributed by atoms with E-state index in [0.717, 1.165) is 36.2 Å².